The van der Waals surface area contributed by atoms with Crippen molar-refractivity contribution >= 4 is 31.9 Å². The molecule has 12 heavy (non-hydrogen) atoms. The van der Waals surface area contributed by atoms with E-state index >= 15 is 0 Å². The maximum atomic E-state index is 13.2. The third-order valence-corrected chi connectivity index (χ3v) is 3.38. The summed E-state index contributed by atoms with van der Waals surface area (Å²) in [6, 6.07) is 0. The van der Waals surface area contributed by atoms with Gasteiger partial charge >= 0.3 is 0 Å². The van der Waals surface area contributed by atoms with Gasteiger partial charge in [0, 0.05) is 9.81 Å². The van der Waals surface area contributed by atoms with Crippen LogP contribution in [-0.4, -0.2) is 5.33 Å². The highest BCUT2D eigenvalue weighted by Crippen LogP contribution is 2.27. The molecule has 0 aromatic heterocycles. The lowest BCUT2D eigenvalue weighted by Crippen LogP contribution is -1.88. The summed E-state index contributed by atoms with van der Waals surface area (Å²) in [5.74, 6) is -0.124. The number of hydrogen-bond acceptors (Lipinski definition) is 0. The summed E-state index contributed by atoms with van der Waals surface area (Å²) in [4.78, 5) is 0. The maximum absolute atomic E-state index is 13.2. The van der Waals surface area contributed by atoms with Crippen LogP contribution in [0, 0.1) is 0 Å². The molecule has 0 aliphatic heterocycles. The first kappa shape index (κ1) is 10.2. The van der Waals surface area contributed by atoms with Gasteiger partial charge in [-0.3, -0.25) is 0 Å². The number of alkyl halides is 1. The van der Waals surface area contributed by atoms with Crippen LogP contribution in [0.3, 0.4) is 0 Å². The lowest BCUT2D eigenvalue weighted by Gasteiger charge is -2.02. The normalized spacial score (nSPS) is 18.7. The quantitative estimate of drug-likeness (QED) is 0.635. The molecule has 3 heteroatoms. The van der Waals surface area contributed by atoms with Crippen molar-refractivity contribution in [2.75, 3.05) is 5.33 Å². The summed E-state index contributed by atoms with van der Waals surface area (Å²) in [6.07, 6.45) is 3.95. The average molecular weight is 296 g/mol. The third kappa shape index (κ3) is 2.30. The van der Waals surface area contributed by atoms with Crippen LogP contribution in [0.5, 0.6) is 0 Å². The van der Waals surface area contributed by atoms with E-state index in [1.807, 2.05) is 6.92 Å². The molecule has 0 saturated heterocycles. The largest absolute Gasteiger partial charge is 0.207 e. The van der Waals surface area contributed by atoms with Gasteiger partial charge in [-0.05, 0) is 31.1 Å². The highest BCUT2D eigenvalue weighted by Gasteiger charge is 2.09. The van der Waals surface area contributed by atoms with Crippen LogP contribution >= 0.6 is 31.9 Å². The molecule has 66 valence electrons. The van der Waals surface area contributed by atoms with Gasteiger partial charge < -0.3 is 0 Å². The third-order valence-electron chi connectivity index (χ3n) is 1.76. The van der Waals surface area contributed by atoms with Crippen molar-refractivity contribution in [3.8, 4) is 0 Å². The van der Waals surface area contributed by atoms with E-state index in [9.17, 15) is 4.39 Å². The van der Waals surface area contributed by atoms with Gasteiger partial charge in [-0.2, -0.15) is 0 Å². The van der Waals surface area contributed by atoms with Crippen LogP contribution in [-0.2, 0) is 0 Å². The molecular formula is C9H9Br2F. The summed E-state index contributed by atoms with van der Waals surface area (Å²) in [6.45, 7) is 2.00. The Hall–Kier alpha value is 0.110. The van der Waals surface area contributed by atoms with Gasteiger partial charge in [0.1, 0.15) is 5.83 Å². The fraction of sp³-hybridized carbons (Fsp3) is 0.333. The molecule has 0 spiro atoms. The molecule has 0 fully saturated rings. The maximum Gasteiger partial charge on any atom is 0.123 e. The molecule has 0 heterocycles. The van der Waals surface area contributed by atoms with Crippen LogP contribution in [0.2, 0.25) is 0 Å². The molecule has 0 aromatic rings. The Balaban J connectivity index is 2.99. The van der Waals surface area contributed by atoms with E-state index in [0.717, 1.165) is 15.6 Å². The van der Waals surface area contributed by atoms with Crippen LogP contribution < -0.4 is 0 Å². The fourth-order valence-corrected chi connectivity index (χ4v) is 1.74. The summed E-state index contributed by atoms with van der Waals surface area (Å²) < 4.78 is 14.2. The zero-order valence-electron chi connectivity index (χ0n) is 6.70. The van der Waals surface area contributed by atoms with E-state index in [0.29, 0.717) is 11.8 Å². The minimum atomic E-state index is -0.124. The first-order chi connectivity index (χ1) is 5.65. The fourth-order valence-electron chi connectivity index (χ4n) is 1.01. The van der Waals surface area contributed by atoms with Crippen molar-refractivity contribution in [2.45, 2.75) is 13.3 Å². The van der Waals surface area contributed by atoms with Gasteiger partial charge in [-0.1, -0.05) is 37.4 Å². The van der Waals surface area contributed by atoms with Gasteiger partial charge in [-0.15, -0.1) is 0 Å². The van der Waals surface area contributed by atoms with Crippen LogP contribution in [0.4, 0.5) is 4.39 Å². The molecule has 0 radical (unpaired) electrons. The Morgan fingerprint density at radius 3 is 2.75 bits per heavy atom. The number of halogens is 3. The molecule has 1 aliphatic carbocycles. The number of rotatable bonds is 1. The van der Waals surface area contributed by atoms with Crippen LogP contribution in [0.15, 0.2) is 33.6 Å². The molecular weight excluding hydrogens is 287 g/mol. The second-order valence-corrected chi connectivity index (χ2v) is 4.14. The minimum absolute atomic E-state index is 0.124. The highest BCUT2D eigenvalue weighted by molar-refractivity contribution is 9.12. The minimum Gasteiger partial charge on any atom is -0.207 e. The van der Waals surface area contributed by atoms with E-state index in [-0.39, 0.29) is 5.83 Å². The van der Waals surface area contributed by atoms with Crippen LogP contribution in [0.1, 0.15) is 13.3 Å². The SMILES string of the molecule is CC1=C(Br)C=CC(F)=C(CBr)C1. The molecule has 0 unspecified atom stereocenters. The Bertz CT molecular complexity index is 274. The highest BCUT2D eigenvalue weighted by atomic mass is 79.9. The first-order valence-electron chi connectivity index (χ1n) is 3.62. The van der Waals surface area contributed by atoms with Gasteiger partial charge in [0.05, 0.1) is 0 Å². The Kier molecular flexibility index (Phi) is 3.72. The van der Waals surface area contributed by atoms with Gasteiger partial charge in [-0.25, -0.2) is 4.39 Å². The van der Waals surface area contributed by atoms with Gasteiger partial charge in [0.25, 0.3) is 0 Å². The molecule has 0 amide bonds. The van der Waals surface area contributed by atoms with Crippen molar-refractivity contribution in [1.82, 2.24) is 0 Å². The van der Waals surface area contributed by atoms with E-state index in [4.69, 9.17) is 0 Å². The van der Waals surface area contributed by atoms with Gasteiger partial charge in [0.15, 0.2) is 0 Å². The molecule has 0 N–H and O–H groups in total. The second-order valence-electron chi connectivity index (χ2n) is 2.72. The molecule has 0 bridgehead atoms. The molecule has 1 aliphatic rings. The van der Waals surface area contributed by atoms with Crippen molar-refractivity contribution in [1.29, 1.82) is 0 Å². The summed E-state index contributed by atoms with van der Waals surface area (Å²) in [7, 11) is 0. The Morgan fingerprint density at radius 2 is 2.17 bits per heavy atom. The second kappa shape index (κ2) is 4.38. The predicted octanol–water partition coefficient (Wildman–Crippen LogP) is 4.23. The molecule has 1 rings (SSSR count). The summed E-state index contributed by atoms with van der Waals surface area (Å²) in [5, 5.41) is 0.598. The molecule has 0 saturated carbocycles. The standard InChI is InChI=1S/C9H9Br2F/c1-6-4-7(5-10)9(12)3-2-8(6)11/h2-3H,4-5H2,1H3. The van der Waals surface area contributed by atoms with E-state index < -0.39 is 0 Å². The Labute approximate surface area is 88.5 Å². The van der Waals surface area contributed by atoms with Crippen LogP contribution in [0.25, 0.3) is 0 Å². The zero-order valence-corrected chi connectivity index (χ0v) is 9.87. The monoisotopic (exact) mass is 294 g/mol. The predicted molar refractivity (Wildman–Crippen MR) is 57.3 cm³/mol. The van der Waals surface area contributed by atoms with Crippen molar-refractivity contribution in [3.05, 3.63) is 33.6 Å². The molecule has 0 nitrogen and oxygen atoms in total. The average Bonchev–Trinajstić information content (AvgIpc) is 2.18. The lowest BCUT2D eigenvalue weighted by molar-refractivity contribution is 0.651. The lowest BCUT2D eigenvalue weighted by atomic mass is 10.1. The number of allylic oxidation sites excluding steroid dienone is 6. The van der Waals surface area contributed by atoms with Gasteiger partial charge in [0.2, 0.25) is 0 Å². The van der Waals surface area contributed by atoms with E-state index in [2.05, 4.69) is 31.9 Å². The summed E-state index contributed by atoms with van der Waals surface area (Å²) in [5.41, 5.74) is 1.96. The smallest absolute Gasteiger partial charge is 0.123 e. The first-order valence-corrected chi connectivity index (χ1v) is 5.53. The van der Waals surface area contributed by atoms with Crippen molar-refractivity contribution in [3.63, 3.8) is 0 Å². The topological polar surface area (TPSA) is 0 Å². The van der Waals surface area contributed by atoms with E-state index in [1.165, 1.54) is 6.08 Å². The summed E-state index contributed by atoms with van der Waals surface area (Å²) >= 11 is 6.64. The molecule has 0 atom stereocenters. The molecule has 0 aromatic carbocycles. The zero-order chi connectivity index (χ0) is 9.14. The Morgan fingerprint density at radius 1 is 1.50 bits per heavy atom. The number of hydrogen-bond donors (Lipinski definition) is 0. The van der Waals surface area contributed by atoms with Crippen molar-refractivity contribution in [2.24, 2.45) is 0 Å². The van der Waals surface area contributed by atoms with Crippen molar-refractivity contribution < 1.29 is 4.39 Å². The van der Waals surface area contributed by atoms with E-state index in [1.54, 1.807) is 6.08 Å².